The molecule has 0 radical (unpaired) electrons. The molecule has 0 bridgehead atoms. The van der Waals surface area contributed by atoms with Gasteiger partial charge < -0.3 is 17.3 Å². The molecular weight excluding hydrogens is 430 g/mol. The monoisotopic (exact) mass is 446 g/mol. The van der Waals surface area contributed by atoms with Crippen LogP contribution in [0.15, 0.2) is 83.8 Å². The molecule has 0 aliphatic rings. The van der Waals surface area contributed by atoms with Crippen LogP contribution >= 0.6 is 23.2 Å². The maximum atomic E-state index is 9.75. The van der Waals surface area contributed by atoms with Gasteiger partial charge in [0.2, 0.25) is 0 Å². The second kappa shape index (κ2) is 10.8. The average Bonchev–Trinajstić information content (AvgIpc) is 2.64. The lowest BCUT2D eigenvalue weighted by atomic mass is 10.2. The summed E-state index contributed by atoms with van der Waals surface area (Å²) in [6.07, 6.45) is 0. The lowest BCUT2D eigenvalue weighted by Gasteiger charge is -2.09. The molecule has 8 heteroatoms. The van der Waals surface area contributed by atoms with Crippen molar-refractivity contribution in [2.75, 3.05) is 0 Å². The van der Waals surface area contributed by atoms with E-state index in [1.165, 1.54) is 16.0 Å². The van der Waals surface area contributed by atoms with Crippen molar-refractivity contribution in [3.63, 3.8) is 0 Å². The topological polar surface area (TPSA) is 0 Å². The van der Waals surface area contributed by atoms with Crippen LogP contribution in [0.1, 0.15) is 11.1 Å². The molecule has 0 atom stereocenters. The predicted molar refractivity (Wildman–Crippen MR) is 113 cm³/mol. The minimum Gasteiger partial charge on any atom is -0.418 e. The summed E-state index contributed by atoms with van der Waals surface area (Å²) < 4.78 is 39.0. The molecule has 0 amide bonds. The van der Waals surface area contributed by atoms with Gasteiger partial charge in [-0.25, -0.2) is 0 Å². The number of hydrogen-bond donors (Lipinski definition) is 0. The minimum atomic E-state index is -6.00. The molecule has 28 heavy (non-hydrogen) atoms. The summed E-state index contributed by atoms with van der Waals surface area (Å²) in [5.74, 6) is 2.04. The third-order valence-corrected chi connectivity index (χ3v) is 6.39. The third-order valence-electron chi connectivity index (χ3n) is 3.58. The van der Waals surface area contributed by atoms with Gasteiger partial charge in [-0.1, -0.05) is 65.7 Å². The first-order valence-electron chi connectivity index (χ1n) is 8.29. The summed E-state index contributed by atoms with van der Waals surface area (Å²) in [7, 11) is -5.89. The Hall–Kier alpha value is -1.63. The van der Waals surface area contributed by atoms with Crippen LogP contribution in [0.4, 0.5) is 17.3 Å². The van der Waals surface area contributed by atoms with Gasteiger partial charge in [0.25, 0.3) is 0 Å². The molecule has 3 aromatic carbocycles. The van der Waals surface area contributed by atoms with Crippen molar-refractivity contribution in [2.45, 2.75) is 16.4 Å². The fourth-order valence-corrected chi connectivity index (χ4v) is 4.81. The summed E-state index contributed by atoms with van der Waals surface area (Å²) in [6, 6.07) is 27.0. The highest BCUT2D eigenvalue weighted by atomic mass is 35.5. The van der Waals surface area contributed by atoms with Gasteiger partial charge in [-0.05, 0) is 36.4 Å². The first-order chi connectivity index (χ1) is 13.2. The van der Waals surface area contributed by atoms with Crippen LogP contribution in [-0.2, 0) is 22.4 Å². The van der Waals surface area contributed by atoms with Crippen molar-refractivity contribution in [3.05, 3.63) is 100 Å². The molecule has 3 aromatic rings. The zero-order valence-electron chi connectivity index (χ0n) is 14.7. The maximum Gasteiger partial charge on any atom is 0.673 e. The van der Waals surface area contributed by atoms with Gasteiger partial charge in [0.1, 0.15) is 11.5 Å². The van der Waals surface area contributed by atoms with Crippen LogP contribution in [-0.4, -0.2) is 7.25 Å². The Kier molecular flexibility index (Phi) is 8.74. The van der Waals surface area contributed by atoms with E-state index in [1.54, 1.807) is 0 Å². The van der Waals surface area contributed by atoms with E-state index in [0.29, 0.717) is 0 Å². The van der Waals surface area contributed by atoms with Gasteiger partial charge >= 0.3 is 7.25 Å². The second-order valence-electron chi connectivity index (χ2n) is 5.84. The van der Waals surface area contributed by atoms with E-state index < -0.39 is 7.25 Å². The van der Waals surface area contributed by atoms with E-state index in [-0.39, 0.29) is 10.9 Å². The molecule has 0 aliphatic carbocycles. The quantitative estimate of drug-likeness (QED) is 0.214. The Morgan fingerprint density at radius 2 is 0.964 bits per heavy atom. The normalized spacial score (nSPS) is 11.1. The summed E-state index contributed by atoms with van der Waals surface area (Å²) in [6.45, 7) is 0. The van der Waals surface area contributed by atoms with Crippen LogP contribution < -0.4 is 0 Å². The van der Waals surface area contributed by atoms with Crippen molar-refractivity contribution < 1.29 is 17.3 Å². The van der Waals surface area contributed by atoms with E-state index in [4.69, 9.17) is 23.2 Å². The average molecular weight is 447 g/mol. The summed E-state index contributed by atoms with van der Waals surface area (Å²) >= 11 is 12.0. The molecule has 0 saturated heterocycles. The molecule has 0 N–H and O–H groups in total. The summed E-state index contributed by atoms with van der Waals surface area (Å²) in [5.41, 5.74) is 2.63. The molecule has 0 fully saturated rings. The third kappa shape index (κ3) is 9.04. The minimum absolute atomic E-state index is 0.111. The Bertz CT molecular complexity index is 787. The molecule has 0 nitrogen and oxygen atoms in total. The summed E-state index contributed by atoms with van der Waals surface area (Å²) in [4.78, 5) is 1.39. The Labute approximate surface area is 174 Å². The molecule has 0 aromatic heterocycles. The van der Waals surface area contributed by atoms with E-state index in [0.717, 1.165) is 21.6 Å². The lowest BCUT2D eigenvalue weighted by Crippen LogP contribution is -2.09. The Balaban J connectivity index is 0.000000500. The highest BCUT2D eigenvalue weighted by molar-refractivity contribution is 7.95. The highest BCUT2D eigenvalue weighted by Crippen LogP contribution is 2.24. The van der Waals surface area contributed by atoms with Crippen LogP contribution in [0, 0.1) is 0 Å². The number of benzene rings is 3. The van der Waals surface area contributed by atoms with Crippen molar-refractivity contribution in [1.29, 1.82) is 0 Å². The molecular formula is C20H17BCl2F4S. The Morgan fingerprint density at radius 3 is 1.32 bits per heavy atom. The highest BCUT2D eigenvalue weighted by Gasteiger charge is 2.23. The first kappa shape index (κ1) is 22.7. The first-order valence-corrected chi connectivity index (χ1v) is 10.6. The van der Waals surface area contributed by atoms with Crippen LogP contribution in [0.3, 0.4) is 0 Å². The number of rotatable bonds is 5. The van der Waals surface area contributed by atoms with Crippen LogP contribution in [0.2, 0.25) is 10.0 Å². The van der Waals surface area contributed by atoms with Gasteiger partial charge in [-0.2, -0.15) is 0 Å². The van der Waals surface area contributed by atoms with Gasteiger partial charge in [-0.15, -0.1) is 0 Å². The van der Waals surface area contributed by atoms with Crippen molar-refractivity contribution in [1.82, 2.24) is 0 Å². The zero-order chi connectivity index (χ0) is 20.6. The molecule has 148 valence electrons. The number of halogens is 6. The maximum absolute atomic E-state index is 9.75. The molecule has 3 rings (SSSR count). The SMILES string of the molecule is Clc1ccc(C[S+](Cc2ccc(Cl)cc2)c2ccccc2)cc1.F[B-](F)(F)F. The molecule has 0 spiro atoms. The van der Waals surface area contributed by atoms with Crippen molar-refractivity contribution in [2.24, 2.45) is 0 Å². The van der Waals surface area contributed by atoms with Crippen molar-refractivity contribution in [3.8, 4) is 0 Å². The van der Waals surface area contributed by atoms with E-state index in [2.05, 4.69) is 54.6 Å². The fourth-order valence-electron chi connectivity index (χ4n) is 2.39. The van der Waals surface area contributed by atoms with Crippen LogP contribution in [0.5, 0.6) is 0 Å². The number of hydrogen-bond acceptors (Lipinski definition) is 0. The standard InChI is InChI=1S/C20H17Cl2S.BF4/c21-18-10-6-16(7-11-18)14-23(20-4-2-1-3-5-20)15-17-8-12-19(22)13-9-17;2-1(3,4)5/h1-13H,14-15H2;/q+1;-1. The zero-order valence-corrected chi connectivity index (χ0v) is 17.0. The van der Waals surface area contributed by atoms with Gasteiger partial charge in [0.15, 0.2) is 4.90 Å². The van der Waals surface area contributed by atoms with Gasteiger partial charge in [0.05, 0.1) is 0 Å². The lowest BCUT2D eigenvalue weighted by molar-refractivity contribution is 0.368. The molecule has 0 saturated carbocycles. The fraction of sp³-hybridized carbons (Fsp3) is 0.100. The van der Waals surface area contributed by atoms with E-state index in [1.807, 2.05) is 24.3 Å². The van der Waals surface area contributed by atoms with E-state index >= 15 is 0 Å². The van der Waals surface area contributed by atoms with Crippen molar-refractivity contribution >= 4 is 41.4 Å². The molecule has 0 heterocycles. The smallest absolute Gasteiger partial charge is 0.418 e. The Morgan fingerprint density at radius 1 is 0.607 bits per heavy atom. The predicted octanol–water partition coefficient (Wildman–Crippen LogP) is 7.67. The van der Waals surface area contributed by atoms with E-state index in [9.17, 15) is 17.3 Å². The van der Waals surface area contributed by atoms with Crippen LogP contribution in [0.25, 0.3) is 0 Å². The largest absolute Gasteiger partial charge is 0.673 e. The van der Waals surface area contributed by atoms with Gasteiger partial charge in [0, 0.05) is 32.1 Å². The van der Waals surface area contributed by atoms with Gasteiger partial charge in [-0.3, -0.25) is 0 Å². The second-order valence-corrected chi connectivity index (χ2v) is 8.75. The summed E-state index contributed by atoms with van der Waals surface area (Å²) in [5, 5.41) is 1.57. The molecule has 0 aliphatic heterocycles. The molecule has 0 unspecified atom stereocenters.